The van der Waals surface area contributed by atoms with Crippen molar-refractivity contribution in [2.45, 2.75) is 26.9 Å². The zero-order valence-corrected chi connectivity index (χ0v) is 12.6. The molecule has 0 atom stereocenters. The van der Waals surface area contributed by atoms with Crippen molar-refractivity contribution < 1.29 is 4.74 Å². The first kappa shape index (κ1) is 13.8. The maximum absolute atomic E-state index is 5.25. The zero-order chi connectivity index (χ0) is 14.8. The van der Waals surface area contributed by atoms with Gasteiger partial charge in [0.2, 0.25) is 0 Å². The number of pyridine rings is 1. The zero-order valence-electron chi connectivity index (χ0n) is 12.6. The fourth-order valence-electron chi connectivity index (χ4n) is 2.61. The predicted molar refractivity (Wildman–Crippen MR) is 83.3 cm³/mol. The van der Waals surface area contributed by atoms with Crippen LogP contribution in [-0.4, -0.2) is 21.7 Å². The molecule has 0 aliphatic carbocycles. The van der Waals surface area contributed by atoms with Crippen molar-refractivity contribution in [3.63, 3.8) is 0 Å². The summed E-state index contributed by atoms with van der Waals surface area (Å²) in [6.07, 6.45) is 4.72. The number of ether oxygens (including phenoxy) is 1. The van der Waals surface area contributed by atoms with Crippen LogP contribution in [0.4, 0.5) is 0 Å². The van der Waals surface area contributed by atoms with Gasteiger partial charge in [-0.2, -0.15) is 5.10 Å². The topological polar surface area (TPSA) is 39.4 Å². The second kappa shape index (κ2) is 5.66. The molecule has 3 heterocycles. The number of aryl methyl sites for hydroxylation is 2. The maximum Gasteiger partial charge on any atom is 0.0902 e. The molecule has 4 heteroatoms. The summed E-state index contributed by atoms with van der Waals surface area (Å²) in [4.78, 5) is 4.31. The largest absolute Gasteiger partial charge is 0.378 e. The van der Waals surface area contributed by atoms with Gasteiger partial charge in [0.25, 0.3) is 0 Å². The maximum atomic E-state index is 5.25. The Bertz CT molecular complexity index is 777. The summed E-state index contributed by atoms with van der Waals surface area (Å²) in [6, 6.07) is 8.50. The molecule has 21 heavy (non-hydrogen) atoms. The van der Waals surface area contributed by atoms with Crippen molar-refractivity contribution in [1.29, 1.82) is 0 Å². The van der Waals surface area contributed by atoms with Gasteiger partial charge in [-0.1, -0.05) is 6.92 Å². The van der Waals surface area contributed by atoms with Crippen LogP contribution in [0.15, 0.2) is 36.7 Å². The van der Waals surface area contributed by atoms with Crippen molar-refractivity contribution in [3.05, 3.63) is 53.6 Å². The lowest BCUT2D eigenvalue weighted by atomic mass is 10.1. The summed E-state index contributed by atoms with van der Waals surface area (Å²) >= 11 is 0. The highest BCUT2D eigenvalue weighted by Gasteiger charge is 2.11. The molecule has 0 fully saturated rings. The second-order valence-electron chi connectivity index (χ2n) is 5.21. The molecular weight excluding hydrogens is 262 g/mol. The SMILES string of the molecule is CCc1ccc2c(-c3cncc(C)c3)cc(COC)nn12. The van der Waals surface area contributed by atoms with E-state index in [4.69, 9.17) is 4.74 Å². The Morgan fingerprint density at radius 1 is 1.19 bits per heavy atom. The number of hydrogen-bond acceptors (Lipinski definition) is 3. The fourth-order valence-corrected chi connectivity index (χ4v) is 2.61. The van der Waals surface area contributed by atoms with E-state index in [1.165, 1.54) is 5.69 Å². The van der Waals surface area contributed by atoms with E-state index in [2.05, 4.69) is 48.2 Å². The first-order chi connectivity index (χ1) is 10.2. The van der Waals surface area contributed by atoms with E-state index in [1.54, 1.807) is 7.11 Å². The number of nitrogens with zero attached hydrogens (tertiary/aromatic N) is 3. The molecule has 3 aromatic rings. The molecule has 0 bridgehead atoms. The molecule has 4 nitrogen and oxygen atoms in total. The lowest BCUT2D eigenvalue weighted by Crippen LogP contribution is -2.03. The van der Waals surface area contributed by atoms with Gasteiger partial charge in [-0.25, -0.2) is 4.52 Å². The van der Waals surface area contributed by atoms with E-state index in [9.17, 15) is 0 Å². The molecule has 0 amide bonds. The summed E-state index contributed by atoms with van der Waals surface area (Å²) in [5, 5.41) is 4.68. The lowest BCUT2D eigenvalue weighted by Gasteiger charge is -2.10. The molecule has 0 saturated heterocycles. The van der Waals surface area contributed by atoms with Crippen LogP contribution in [0.25, 0.3) is 16.6 Å². The minimum atomic E-state index is 0.503. The van der Waals surface area contributed by atoms with E-state index in [0.717, 1.165) is 34.3 Å². The van der Waals surface area contributed by atoms with Crippen molar-refractivity contribution in [1.82, 2.24) is 14.6 Å². The molecule has 0 aliphatic rings. The van der Waals surface area contributed by atoms with E-state index in [0.29, 0.717) is 6.61 Å². The van der Waals surface area contributed by atoms with Gasteiger partial charge in [0.15, 0.2) is 0 Å². The van der Waals surface area contributed by atoms with Gasteiger partial charge in [0.1, 0.15) is 0 Å². The predicted octanol–water partition coefficient (Wildman–Crippen LogP) is 3.41. The van der Waals surface area contributed by atoms with Crippen LogP contribution >= 0.6 is 0 Å². The Morgan fingerprint density at radius 3 is 2.76 bits per heavy atom. The third kappa shape index (κ3) is 2.54. The molecule has 108 valence electrons. The second-order valence-corrected chi connectivity index (χ2v) is 5.21. The summed E-state index contributed by atoms with van der Waals surface area (Å²) < 4.78 is 7.27. The van der Waals surface area contributed by atoms with E-state index < -0.39 is 0 Å². The van der Waals surface area contributed by atoms with Crippen molar-refractivity contribution in [2.75, 3.05) is 7.11 Å². The number of methoxy groups -OCH3 is 1. The Morgan fingerprint density at radius 2 is 2.05 bits per heavy atom. The van der Waals surface area contributed by atoms with E-state index in [1.807, 2.05) is 16.9 Å². The molecule has 0 unspecified atom stereocenters. The van der Waals surface area contributed by atoms with Crippen molar-refractivity contribution in [2.24, 2.45) is 0 Å². The van der Waals surface area contributed by atoms with Crippen LogP contribution in [0.1, 0.15) is 23.9 Å². The highest BCUT2D eigenvalue weighted by atomic mass is 16.5. The minimum absolute atomic E-state index is 0.503. The Labute approximate surface area is 124 Å². The third-order valence-electron chi connectivity index (χ3n) is 3.59. The van der Waals surface area contributed by atoms with E-state index >= 15 is 0 Å². The van der Waals surface area contributed by atoms with Crippen LogP contribution in [-0.2, 0) is 17.8 Å². The van der Waals surface area contributed by atoms with Gasteiger partial charge in [-0.15, -0.1) is 0 Å². The van der Waals surface area contributed by atoms with Crippen LogP contribution in [0, 0.1) is 6.92 Å². The molecule has 0 aromatic carbocycles. The van der Waals surface area contributed by atoms with Crippen molar-refractivity contribution in [3.8, 4) is 11.1 Å². The average molecular weight is 281 g/mol. The molecule has 0 saturated carbocycles. The normalized spacial score (nSPS) is 11.2. The number of hydrogen-bond donors (Lipinski definition) is 0. The quantitative estimate of drug-likeness (QED) is 0.735. The van der Waals surface area contributed by atoms with Gasteiger partial charge in [0, 0.05) is 36.3 Å². The summed E-state index contributed by atoms with van der Waals surface area (Å²) in [6.45, 7) is 4.70. The lowest BCUT2D eigenvalue weighted by molar-refractivity contribution is 0.180. The minimum Gasteiger partial charge on any atom is -0.378 e. The Kier molecular flexibility index (Phi) is 3.71. The van der Waals surface area contributed by atoms with Crippen molar-refractivity contribution >= 4 is 5.52 Å². The van der Waals surface area contributed by atoms with Gasteiger partial charge in [-0.05, 0) is 43.2 Å². The summed E-state index contributed by atoms with van der Waals surface area (Å²) in [5.74, 6) is 0. The smallest absolute Gasteiger partial charge is 0.0902 e. The van der Waals surface area contributed by atoms with Gasteiger partial charge in [-0.3, -0.25) is 4.98 Å². The average Bonchev–Trinajstić information content (AvgIpc) is 2.90. The fraction of sp³-hybridized carbons (Fsp3) is 0.294. The first-order valence-corrected chi connectivity index (χ1v) is 7.14. The summed E-state index contributed by atoms with van der Waals surface area (Å²) in [5.41, 5.74) is 6.64. The van der Waals surface area contributed by atoms with E-state index in [-0.39, 0.29) is 0 Å². The molecular formula is C17H19N3O. The van der Waals surface area contributed by atoms with Gasteiger partial charge < -0.3 is 4.74 Å². The summed E-state index contributed by atoms with van der Waals surface area (Å²) in [7, 11) is 1.69. The molecule has 0 radical (unpaired) electrons. The Hall–Kier alpha value is -2.20. The van der Waals surface area contributed by atoms with Gasteiger partial charge in [0.05, 0.1) is 17.8 Å². The van der Waals surface area contributed by atoms with Crippen LogP contribution in [0.2, 0.25) is 0 Å². The number of fused-ring (bicyclic) bond motifs is 1. The molecule has 0 aliphatic heterocycles. The molecule has 0 spiro atoms. The van der Waals surface area contributed by atoms with Crippen LogP contribution < -0.4 is 0 Å². The number of aromatic nitrogens is 3. The first-order valence-electron chi connectivity index (χ1n) is 7.14. The van der Waals surface area contributed by atoms with Crippen LogP contribution in [0.5, 0.6) is 0 Å². The molecule has 0 N–H and O–H groups in total. The molecule has 3 rings (SSSR count). The standard InChI is InChI=1S/C17H19N3O/c1-4-15-5-6-17-16(13-7-12(2)9-18-10-13)8-14(11-21-3)19-20(15)17/h5-10H,4,11H2,1-3H3. The monoisotopic (exact) mass is 281 g/mol. The highest BCUT2D eigenvalue weighted by molar-refractivity contribution is 5.80. The van der Waals surface area contributed by atoms with Gasteiger partial charge >= 0.3 is 0 Å². The molecule has 3 aromatic heterocycles. The third-order valence-corrected chi connectivity index (χ3v) is 3.59. The van der Waals surface area contributed by atoms with Crippen LogP contribution in [0.3, 0.4) is 0 Å². The Balaban J connectivity index is 2.27. The highest BCUT2D eigenvalue weighted by Crippen LogP contribution is 2.27. The number of rotatable bonds is 4.